The van der Waals surface area contributed by atoms with Crippen LogP contribution in [0.5, 0.6) is 11.5 Å². The van der Waals surface area contributed by atoms with Gasteiger partial charge in [0.15, 0.2) is 11.5 Å². The third-order valence-corrected chi connectivity index (χ3v) is 2.46. The molecule has 2 rings (SSSR count). The minimum atomic E-state index is -0.535. The van der Waals surface area contributed by atoms with Gasteiger partial charge in [-0.15, -0.1) is 0 Å². The summed E-state index contributed by atoms with van der Waals surface area (Å²) in [7, 11) is 1.29. The van der Waals surface area contributed by atoms with E-state index in [1.807, 2.05) is 6.92 Å². The highest BCUT2D eigenvalue weighted by Crippen LogP contribution is 2.26. The van der Waals surface area contributed by atoms with Crippen LogP contribution in [0.4, 0.5) is 5.82 Å². The third kappa shape index (κ3) is 2.82. The van der Waals surface area contributed by atoms with Crippen LogP contribution in [-0.4, -0.2) is 27.8 Å². The molecule has 0 bridgehead atoms. The molecule has 0 aliphatic rings. The van der Waals surface area contributed by atoms with Gasteiger partial charge in [0.2, 0.25) is 0 Å². The summed E-state index contributed by atoms with van der Waals surface area (Å²) in [6.45, 7) is 2.69. The van der Waals surface area contributed by atoms with Crippen molar-refractivity contribution in [2.75, 3.05) is 12.8 Å². The highest BCUT2D eigenvalue weighted by Gasteiger charge is 2.15. The van der Waals surface area contributed by atoms with Crippen molar-refractivity contribution in [3.63, 3.8) is 0 Å². The number of nitrogens with two attached hydrogens (primary N) is 1. The Balaban J connectivity index is 2.31. The molecule has 0 fully saturated rings. The van der Waals surface area contributed by atoms with E-state index in [0.717, 1.165) is 6.54 Å². The molecule has 100 valence electrons. The van der Waals surface area contributed by atoms with E-state index in [1.165, 1.54) is 19.4 Å². The SMILES string of the molecule is CCn1cc(Oc2cnc(N)cc2C(=O)OC)cn1. The van der Waals surface area contributed by atoms with E-state index >= 15 is 0 Å². The second-order valence-corrected chi connectivity index (χ2v) is 3.73. The van der Waals surface area contributed by atoms with Crippen LogP contribution in [0.2, 0.25) is 0 Å². The van der Waals surface area contributed by atoms with Crippen molar-refractivity contribution in [2.24, 2.45) is 0 Å². The van der Waals surface area contributed by atoms with Crippen molar-refractivity contribution >= 4 is 11.8 Å². The average molecular weight is 262 g/mol. The maximum Gasteiger partial charge on any atom is 0.341 e. The Labute approximate surface area is 110 Å². The van der Waals surface area contributed by atoms with Crippen LogP contribution in [0.25, 0.3) is 0 Å². The molecule has 0 radical (unpaired) electrons. The van der Waals surface area contributed by atoms with Gasteiger partial charge in [-0.25, -0.2) is 9.78 Å². The number of rotatable bonds is 4. The fourth-order valence-corrected chi connectivity index (χ4v) is 1.51. The van der Waals surface area contributed by atoms with Crippen LogP contribution >= 0.6 is 0 Å². The van der Waals surface area contributed by atoms with E-state index in [9.17, 15) is 4.79 Å². The molecule has 2 aromatic rings. The maximum absolute atomic E-state index is 11.6. The lowest BCUT2D eigenvalue weighted by atomic mass is 10.2. The monoisotopic (exact) mass is 262 g/mol. The van der Waals surface area contributed by atoms with Gasteiger partial charge in [-0.05, 0) is 13.0 Å². The van der Waals surface area contributed by atoms with Crippen LogP contribution in [0, 0.1) is 0 Å². The number of carbonyl (C=O) groups is 1. The zero-order valence-electron chi connectivity index (χ0n) is 10.7. The van der Waals surface area contributed by atoms with E-state index < -0.39 is 5.97 Å². The summed E-state index contributed by atoms with van der Waals surface area (Å²) in [4.78, 5) is 15.5. The lowest BCUT2D eigenvalue weighted by Crippen LogP contribution is -2.05. The van der Waals surface area contributed by atoms with Crippen molar-refractivity contribution in [1.29, 1.82) is 0 Å². The minimum Gasteiger partial charge on any atom is -0.465 e. The van der Waals surface area contributed by atoms with Gasteiger partial charge in [0.05, 0.1) is 25.7 Å². The van der Waals surface area contributed by atoms with Crippen molar-refractivity contribution in [1.82, 2.24) is 14.8 Å². The molecule has 0 aliphatic heterocycles. The van der Waals surface area contributed by atoms with Gasteiger partial charge < -0.3 is 15.2 Å². The van der Waals surface area contributed by atoms with Gasteiger partial charge in [-0.1, -0.05) is 0 Å². The Morgan fingerprint density at radius 3 is 2.89 bits per heavy atom. The number of aryl methyl sites for hydroxylation is 1. The topological polar surface area (TPSA) is 92.3 Å². The number of anilines is 1. The summed E-state index contributed by atoms with van der Waals surface area (Å²) in [6, 6.07) is 1.41. The molecular formula is C12H14N4O3. The Hall–Kier alpha value is -2.57. The standard InChI is InChI=1S/C12H14N4O3/c1-3-16-7-8(5-15-16)19-10-6-14-11(13)4-9(10)12(17)18-2/h4-7H,3H2,1-2H3,(H2,13,14). The van der Waals surface area contributed by atoms with Crippen LogP contribution < -0.4 is 10.5 Å². The quantitative estimate of drug-likeness (QED) is 0.838. The predicted octanol–water partition coefficient (Wildman–Crippen LogP) is 1.46. The molecule has 2 aromatic heterocycles. The molecule has 0 unspecified atom stereocenters. The molecule has 19 heavy (non-hydrogen) atoms. The van der Waals surface area contributed by atoms with Gasteiger partial charge >= 0.3 is 5.97 Å². The number of aromatic nitrogens is 3. The van der Waals surface area contributed by atoms with Crippen LogP contribution in [0.1, 0.15) is 17.3 Å². The van der Waals surface area contributed by atoms with E-state index in [2.05, 4.69) is 14.8 Å². The number of ether oxygens (including phenoxy) is 2. The molecule has 2 N–H and O–H groups in total. The van der Waals surface area contributed by atoms with Crippen LogP contribution in [0.15, 0.2) is 24.7 Å². The fraction of sp³-hybridized carbons (Fsp3) is 0.250. The lowest BCUT2D eigenvalue weighted by molar-refractivity contribution is 0.0598. The summed E-state index contributed by atoms with van der Waals surface area (Å²) < 4.78 is 11.9. The van der Waals surface area contributed by atoms with E-state index in [4.69, 9.17) is 10.5 Å². The summed E-state index contributed by atoms with van der Waals surface area (Å²) >= 11 is 0. The highest BCUT2D eigenvalue weighted by molar-refractivity contribution is 5.93. The normalized spacial score (nSPS) is 10.2. The van der Waals surface area contributed by atoms with Crippen molar-refractivity contribution in [3.8, 4) is 11.5 Å². The van der Waals surface area contributed by atoms with E-state index in [-0.39, 0.29) is 17.1 Å². The molecular weight excluding hydrogens is 248 g/mol. The van der Waals surface area contributed by atoms with Crippen LogP contribution in [0.3, 0.4) is 0 Å². The zero-order valence-corrected chi connectivity index (χ0v) is 10.7. The highest BCUT2D eigenvalue weighted by atomic mass is 16.5. The number of pyridine rings is 1. The van der Waals surface area contributed by atoms with Crippen LogP contribution in [-0.2, 0) is 11.3 Å². The van der Waals surface area contributed by atoms with Gasteiger partial charge in [-0.2, -0.15) is 5.10 Å². The van der Waals surface area contributed by atoms with Crippen molar-refractivity contribution in [3.05, 3.63) is 30.2 Å². The Kier molecular flexibility index (Phi) is 3.65. The first-order valence-corrected chi connectivity index (χ1v) is 5.68. The number of hydrogen-bond donors (Lipinski definition) is 1. The maximum atomic E-state index is 11.6. The number of esters is 1. The summed E-state index contributed by atoms with van der Waals surface area (Å²) in [5, 5.41) is 4.07. The van der Waals surface area contributed by atoms with E-state index in [0.29, 0.717) is 5.75 Å². The average Bonchev–Trinajstić information content (AvgIpc) is 2.87. The molecule has 2 heterocycles. The number of nitrogens with zero attached hydrogens (tertiary/aromatic N) is 3. The molecule has 0 aliphatic carbocycles. The molecule has 0 spiro atoms. The molecule has 0 saturated carbocycles. The number of hydrogen-bond acceptors (Lipinski definition) is 6. The summed E-state index contributed by atoms with van der Waals surface area (Å²) in [5.74, 6) is 0.472. The molecule has 0 atom stereocenters. The number of methoxy groups -OCH3 is 1. The lowest BCUT2D eigenvalue weighted by Gasteiger charge is -2.08. The fourth-order valence-electron chi connectivity index (χ4n) is 1.51. The van der Waals surface area contributed by atoms with Gasteiger partial charge in [-0.3, -0.25) is 4.68 Å². The van der Waals surface area contributed by atoms with Crippen molar-refractivity contribution in [2.45, 2.75) is 13.5 Å². The Morgan fingerprint density at radius 1 is 1.47 bits per heavy atom. The van der Waals surface area contributed by atoms with Crippen molar-refractivity contribution < 1.29 is 14.3 Å². The second kappa shape index (κ2) is 5.38. The third-order valence-electron chi connectivity index (χ3n) is 2.46. The predicted molar refractivity (Wildman–Crippen MR) is 68.0 cm³/mol. The molecule has 7 nitrogen and oxygen atoms in total. The first-order chi connectivity index (χ1) is 9.13. The number of carbonyl (C=O) groups excluding carboxylic acids is 1. The molecule has 0 aromatic carbocycles. The summed E-state index contributed by atoms with van der Waals surface area (Å²) in [5.41, 5.74) is 5.77. The minimum absolute atomic E-state index is 0.219. The molecule has 0 saturated heterocycles. The number of nitrogen functional groups attached to an aromatic ring is 1. The zero-order chi connectivity index (χ0) is 13.8. The molecule has 0 amide bonds. The Morgan fingerprint density at radius 2 is 2.26 bits per heavy atom. The van der Waals surface area contributed by atoms with E-state index in [1.54, 1.807) is 17.1 Å². The van der Waals surface area contributed by atoms with Gasteiger partial charge in [0, 0.05) is 6.54 Å². The van der Waals surface area contributed by atoms with Gasteiger partial charge in [0.25, 0.3) is 0 Å². The first-order valence-electron chi connectivity index (χ1n) is 5.68. The largest absolute Gasteiger partial charge is 0.465 e. The second-order valence-electron chi connectivity index (χ2n) is 3.73. The van der Waals surface area contributed by atoms with Gasteiger partial charge in [0.1, 0.15) is 11.4 Å². The summed E-state index contributed by atoms with van der Waals surface area (Å²) in [6.07, 6.45) is 4.66. The molecule has 7 heteroatoms. The first kappa shape index (κ1) is 12.9. The smallest absolute Gasteiger partial charge is 0.341 e. The Bertz CT molecular complexity index is 594.